The summed E-state index contributed by atoms with van der Waals surface area (Å²) in [4.78, 5) is 4.45. The molecule has 3 heteroatoms. The smallest absolute Gasteiger partial charge is 0 e. The zero-order valence-corrected chi connectivity index (χ0v) is 16.1. The fourth-order valence-corrected chi connectivity index (χ4v) is 2.36. The largest absolute Gasteiger partial charge is 0.309 e. The van der Waals surface area contributed by atoms with E-state index in [0.717, 1.165) is 0 Å². The molecule has 2 rings (SSSR count). The van der Waals surface area contributed by atoms with Crippen molar-refractivity contribution in [2.75, 3.05) is 41.3 Å². The maximum absolute atomic E-state index is 2.23. The average molecular weight is 359 g/mol. The molecular formula is C20H32CoN2-2. The minimum atomic E-state index is 0. The molecule has 2 nitrogen and oxygen atoms in total. The van der Waals surface area contributed by atoms with Crippen molar-refractivity contribution in [2.45, 2.75) is 25.7 Å². The Balaban J connectivity index is 0.000000403. The van der Waals surface area contributed by atoms with E-state index in [1.165, 1.54) is 49.9 Å². The molecular weight excluding hydrogens is 327 g/mol. The second-order valence-electron chi connectivity index (χ2n) is 6.40. The van der Waals surface area contributed by atoms with E-state index in [2.05, 4.69) is 86.5 Å². The van der Waals surface area contributed by atoms with Gasteiger partial charge < -0.3 is 9.80 Å². The topological polar surface area (TPSA) is 6.48 Å². The quantitative estimate of drug-likeness (QED) is 0.662. The SMILES string of the molecule is CN(C)CCC[c-]1cccc1.CN(C)CCC[c-]1cccc1.[Co]. The molecule has 0 bridgehead atoms. The number of nitrogens with zero attached hydrogens (tertiary/aromatic N) is 2. The predicted molar refractivity (Wildman–Crippen MR) is 97.8 cm³/mol. The Morgan fingerprint density at radius 3 is 1.17 bits per heavy atom. The fourth-order valence-electron chi connectivity index (χ4n) is 2.36. The monoisotopic (exact) mass is 359 g/mol. The summed E-state index contributed by atoms with van der Waals surface area (Å²) < 4.78 is 0. The molecule has 0 aliphatic carbocycles. The Morgan fingerprint density at radius 2 is 0.913 bits per heavy atom. The van der Waals surface area contributed by atoms with Crippen LogP contribution in [-0.2, 0) is 29.6 Å². The van der Waals surface area contributed by atoms with Crippen LogP contribution < -0.4 is 0 Å². The molecule has 1 radical (unpaired) electrons. The van der Waals surface area contributed by atoms with E-state index in [0.29, 0.717) is 0 Å². The van der Waals surface area contributed by atoms with E-state index in [9.17, 15) is 0 Å². The molecule has 0 aliphatic heterocycles. The van der Waals surface area contributed by atoms with Crippen molar-refractivity contribution in [3.63, 3.8) is 0 Å². The summed E-state index contributed by atoms with van der Waals surface area (Å²) in [7, 11) is 8.46. The second kappa shape index (κ2) is 13.6. The Labute approximate surface area is 153 Å². The molecule has 0 N–H and O–H groups in total. The normalized spacial score (nSPS) is 10.3. The van der Waals surface area contributed by atoms with Crippen molar-refractivity contribution in [3.05, 3.63) is 59.7 Å². The van der Waals surface area contributed by atoms with Crippen LogP contribution in [0.25, 0.3) is 0 Å². The van der Waals surface area contributed by atoms with Gasteiger partial charge in [0.2, 0.25) is 0 Å². The summed E-state index contributed by atoms with van der Waals surface area (Å²) >= 11 is 0. The Hall–Kier alpha value is -0.874. The molecule has 0 saturated heterocycles. The molecule has 0 heterocycles. The van der Waals surface area contributed by atoms with Crippen LogP contribution in [0.15, 0.2) is 48.5 Å². The summed E-state index contributed by atoms with van der Waals surface area (Å²) in [6.45, 7) is 2.37. The van der Waals surface area contributed by atoms with Crippen LogP contribution in [-0.4, -0.2) is 51.1 Å². The van der Waals surface area contributed by atoms with Crippen molar-refractivity contribution >= 4 is 0 Å². The van der Waals surface area contributed by atoms with Gasteiger partial charge in [-0.3, -0.25) is 0 Å². The van der Waals surface area contributed by atoms with Crippen LogP contribution in [0, 0.1) is 0 Å². The Kier molecular flexibility index (Phi) is 13.0. The van der Waals surface area contributed by atoms with Gasteiger partial charge in [0.1, 0.15) is 0 Å². The van der Waals surface area contributed by atoms with Gasteiger partial charge in [0.15, 0.2) is 0 Å². The van der Waals surface area contributed by atoms with Gasteiger partial charge in [0.05, 0.1) is 0 Å². The van der Waals surface area contributed by atoms with Gasteiger partial charge in [-0.15, -0.1) is 0 Å². The predicted octanol–water partition coefficient (Wildman–Crippen LogP) is 3.80. The summed E-state index contributed by atoms with van der Waals surface area (Å²) in [6.07, 6.45) is 4.95. The number of rotatable bonds is 8. The number of hydrogen-bond donors (Lipinski definition) is 0. The molecule has 0 aliphatic rings. The van der Waals surface area contributed by atoms with Crippen LogP contribution in [0.5, 0.6) is 0 Å². The van der Waals surface area contributed by atoms with E-state index < -0.39 is 0 Å². The van der Waals surface area contributed by atoms with Crippen molar-refractivity contribution in [2.24, 2.45) is 0 Å². The van der Waals surface area contributed by atoms with Gasteiger partial charge in [0.25, 0.3) is 0 Å². The van der Waals surface area contributed by atoms with Gasteiger partial charge in [0, 0.05) is 16.8 Å². The van der Waals surface area contributed by atoms with Crippen LogP contribution in [0.4, 0.5) is 0 Å². The Bertz CT molecular complexity index is 400. The fraction of sp³-hybridized carbons (Fsp3) is 0.500. The first-order valence-electron chi connectivity index (χ1n) is 8.28. The maximum Gasteiger partial charge on any atom is 0 e. The van der Waals surface area contributed by atoms with Gasteiger partial charge in [-0.05, 0) is 54.1 Å². The molecule has 0 spiro atoms. The molecule has 0 amide bonds. The summed E-state index contributed by atoms with van der Waals surface area (Å²) in [5.74, 6) is 0. The van der Waals surface area contributed by atoms with E-state index in [1.54, 1.807) is 0 Å². The third-order valence-corrected chi connectivity index (χ3v) is 3.60. The molecule has 2 aromatic carbocycles. The van der Waals surface area contributed by atoms with Crippen molar-refractivity contribution in [1.29, 1.82) is 0 Å². The minimum Gasteiger partial charge on any atom is -0.309 e. The van der Waals surface area contributed by atoms with Crippen LogP contribution in [0.3, 0.4) is 0 Å². The zero-order chi connectivity index (χ0) is 16.2. The summed E-state index contributed by atoms with van der Waals surface area (Å²) in [5.41, 5.74) is 2.93. The summed E-state index contributed by atoms with van der Waals surface area (Å²) in [6, 6.07) is 17.2. The van der Waals surface area contributed by atoms with Crippen LogP contribution >= 0.6 is 0 Å². The van der Waals surface area contributed by atoms with E-state index in [4.69, 9.17) is 0 Å². The summed E-state index contributed by atoms with van der Waals surface area (Å²) in [5, 5.41) is 0. The standard InChI is InChI=1S/2C10H16N.Co/c2*1-11(2)9-5-8-10-6-3-4-7-10;/h2*3-4,6-7H,5,8-9H2,1-2H3;/q2*-1;. The first kappa shape index (κ1) is 22.1. The Morgan fingerprint density at radius 1 is 0.609 bits per heavy atom. The third-order valence-electron chi connectivity index (χ3n) is 3.60. The minimum absolute atomic E-state index is 0. The van der Waals surface area contributed by atoms with Crippen LogP contribution in [0.1, 0.15) is 24.0 Å². The first-order chi connectivity index (χ1) is 10.6. The van der Waals surface area contributed by atoms with Gasteiger partial charge in [-0.1, -0.05) is 12.8 Å². The molecule has 0 fully saturated rings. The van der Waals surface area contributed by atoms with Crippen molar-refractivity contribution < 1.29 is 16.8 Å². The molecule has 0 saturated carbocycles. The van der Waals surface area contributed by atoms with Gasteiger partial charge >= 0.3 is 0 Å². The second-order valence-corrected chi connectivity index (χ2v) is 6.40. The molecule has 133 valence electrons. The molecule has 2 aromatic rings. The van der Waals surface area contributed by atoms with Crippen molar-refractivity contribution in [3.8, 4) is 0 Å². The first-order valence-corrected chi connectivity index (χ1v) is 8.28. The average Bonchev–Trinajstić information content (AvgIpc) is 3.11. The molecule has 0 aromatic heterocycles. The maximum atomic E-state index is 2.23. The van der Waals surface area contributed by atoms with Crippen molar-refractivity contribution in [1.82, 2.24) is 9.80 Å². The van der Waals surface area contributed by atoms with E-state index >= 15 is 0 Å². The number of aryl methyl sites for hydroxylation is 2. The van der Waals surface area contributed by atoms with E-state index in [-0.39, 0.29) is 16.8 Å². The zero-order valence-electron chi connectivity index (χ0n) is 15.1. The molecule has 0 atom stereocenters. The van der Waals surface area contributed by atoms with Gasteiger partial charge in [-0.2, -0.15) is 35.4 Å². The third kappa shape index (κ3) is 12.2. The number of hydrogen-bond acceptors (Lipinski definition) is 2. The van der Waals surface area contributed by atoms with Gasteiger partial charge in [-0.25, -0.2) is 24.3 Å². The van der Waals surface area contributed by atoms with Crippen LogP contribution in [0.2, 0.25) is 0 Å². The van der Waals surface area contributed by atoms with E-state index in [1.807, 2.05) is 0 Å². The molecule has 23 heavy (non-hydrogen) atoms. The molecule has 0 unspecified atom stereocenters.